The van der Waals surface area contributed by atoms with Gasteiger partial charge >= 0.3 is 0 Å². The third-order valence-corrected chi connectivity index (χ3v) is 3.40. The molecule has 114 valence electrons. The highest BCUT2D eigenvalue weighted by atomic mass is 127. The van der Waals surface area contributed by atoms with Crippen LogP contribution in [0, 0.1) is 6.92 Å². The summed E-state index contributed by atoms with van der Waals surface area (Å²) >= 11 is 0. The van der Waals surface area contributed by atoms with Gasteiger partial charge < -0.3 is 10.6 Å². The molecule has 0 radical (unpaired) electrons. The van der Waals surface area contributed by atoms with Gasteiger partial charge in [-0.15, -0.1) is 24.0 Å². The molecule has 0 spiro atoms. The van der Waals surface area contributed by atoms with Crippen molar-refractivity contribution in [3.05, 3.63) is 18.0 Å². The molecule has 20 heavy (non-hydrogen) atoms. The van der Waals surface area contributed by atoms with E-state index in [1.165, 1.54) is 31.2 Å². The van der Waals surface area contributed by atoms with Crippen molar-refractivity contribution >= 4 is 29.9 Å². The minimum absolute atomic E-state index is 0. The first-order chi connectivity index (χ1) is 9.28. The molecule has 2 rings (SSSR count). The topological polar surface area (TPSA) is 54.2 Å². The van der Waals surface area contributed by atoms with E-state index >= 15 is 0 Å². The van der Waals surface area contributed by atoms with Crippen LogP contribution in [0.1, 0.15) is 38.2 Å². The molecule has 1 heterocycles. The van der Waals surface area contributed by atoms with Crippen LogP contribution in [-0.2, 0) is 6.54 Å². The molecule has 0 bridgehead atoms. The molecule has 1 aromatic rings. The van der Waals surface area contributed by atoms with Crippen LogP contribution in [0.4, 0.5) is 0 Å². The lowest BCUT2D eigenvalue weighted by molar-refractivity contribution is 0.599. The summed E-state index contributed by atoms with van der Waals surface area (Å²) in [5.41, 5.74) is 1.19. The number of hydrogen-bond donors (Lipinski definition) is 2. The van der Waals surface area contributed by atoms with Crippen molar-refractivity contribution in [2.75, 3.05) is 13.1 Å². The lowest BCUT2D eigenvalue weighted by atomic mass is 10.2. The summed E-state index contributed by atoms with van der Waals surface area (Å²) in [5, 5.41) is 11.1. The van der Waals surface area contributed by atoms with Gasteiger partial charge in [-0.05, 0) is 32.3 Å². The standard InChI is InChI=1S/C14H25N5.HI/c1-3-15-14(18-13-6-4-5-7-13)16-8-9-19-11-12(2)10-17-19;/h10-11,13H,3-9H2,1-2H3,(H2,15,16,18);1H. The first-order valence-corrected chi connectivity index (χ1v) is 7.32. The number of aryl methyl sites for hydroxylation is 1. The van der Waals surface area contributed by atoms with Gasteiger partial charge in [-0.25, -0.2) is 0 Å². The van der Waals surface area contributed by atoms with Crippen LogP contribution in [0.2, 0.25) is 0 Å². The Morgan fingerprint density at radius 1 is 1.45 bits per heavy atom. The number of nitrogens with one attached hydrogen (secondary N) is 2. The zero-order valence-corrected chi connectivity index (χ0v) is 14.8. The molecule has 0 aliphatic heterocycles. The van der Waals surface area contributed by atoms with Crippen LogP contribution >= 0.6 is 24.0 Å². The average Bonchev–Trinajstić information content (AvgIpc) is 3.01. The number of guanidine groups is 1. The van der Waals surface area contributed by atoms with Gasteiger partial charge in [-0.1, -0.05) is 12.8 Å². The minimum atomic E-state index is 0. The number of nitrogens with zero attached hydrogens (tertiary/aromatic N) is 3. The highest BCUT2D eigenvalue weighted by molar-refractivity contribution is 14.0. The van der Waals surface area contributed by atoms with Gasteiger partial charge in [0.05, 0.1) is 19.3 Å². The highest BCUT2D eigenvalue weighted by Crippen LogP contribution is 2.17. The lowest BCUT2D eigenvalue weighted by Crippen LogP contribution is -2.42. The number of aromatic nitrogens is 2. The maximum absolute atomic E-state index is 4.62. The summed E-state index contributed by atoms with van der Waals surface area (Å²) in [6, 6.07) is 0.602. The third-order valence-electron chi connectivity index (χ3n) is 3.40. The smallest absolute Gasteiger partial charge is 0.191 e. The van der Waals surface area contributed by atoms with Crippen molar-refractivity contribution in [1.29, 1.82) is 0 Å². The van der Waals surface area contributed by atoms with Crippen LogP contribution in [0.5, 0.6) is 0 Å². The molecule has 0 atom stereocenters. The predicted molar refractivity (Wildman–Crippen MR) is 93.7 cm³/mol. The fourth-order valence-electron chi connectivity index (χ4n) is 2.44. The molecule has 0 unspecified atom stereocenters. The second-order valence-corrected chi connectivity index (χ2v) is 5.17. The molecule has 1 aromatic heterocycles. The Morgan fingerprint density at radius 2 is 2.20 bits per heavy atom. The van der Waals surface area contributed by atoms with Crippen molar-refractivity contribution in [2.24, 2.45) is 4.99 Å². The maximum Gasteiger partial charge on any atom is 0.191 e. The molecule has 2 N–H and O–H groups in total. The largest absolute Gasteiger partial charge is 0.357 e. The Balaban J connectivity index is 0.00000200. The van der Waals surface area contributed by atoms with E-state index in [9.17, 15) is 0 Å². The van der Waals surface area contributed by atoms with Gasteiger partial charge in [0.1, 0.15) is 0 Å². The minimum Gasteiger partial charge on any atom is -0.357 e. The highest BCUT2D eigenvalue weighted by Gasteiger charge is 2.15. The number of halogens is 1. The number of rotatable bonds is 5. The van der Waals surface area contributed by atoms with Crippen molar-refractivity contribution in [3.8, 4) is 0 Å². The summed E-state index contributed by atoms with van der Waals surface area (Å²) in [4.78, 5) is 4.62. The molecule has 1 fully saturated rings. The van der Waals surface area contributed by atoms with Crippen LogP contribution in [-0.4, -0.2) is 34.9 Å². The Labute approximate surface area is 138 Å². The Bertz CT molecular complexity index is 409. The summed E-state index contributed by atoms with van der Waals surface area (Å²) < 4.78 is 1.94. The SMILES string of the molecule is CCNC(=NCCn1cc(C)cn1)NC1CCCC1.I. The fraction of sp³-hybridized carbons (Fsp3) is 0.714. The summed E-state index contributed by atoms with van der Waals surface area (Å²) in [7, 11) is 0. The molecule has 0 saturated heterocycles. The second kappa shape index (κ2) is 9.20. The molecule has 0 aromatic carbocycles. The Hall–Kier alpha value is -0.790. The zero-order chi connectivity index (χ0) is 13.5. The quantitative estimate of drug-likeness (QED) is 0.460. The summed E-state index contributed by atoms with van der Waals surface area (Å²) in [6.07, 6.45) is 9.14. The van der Waals surface area contributed by atoms with E-state index in [1.54, 1.807) is 0 Å². The summed E-state index contributed by atoms with van der Waals surface area (Å²) in [5.74, 6) is 0.943. The van der Waals surface area contributed by atoms with E-state index in [4.69, 9.17) is 0 Å². The summed E-state index contributed by atoms with van der Waals surface area (Å²) in [6.45, 7) is 6.64. The molecular formula is C14H26IN5. The number of aliphatic imine (C=N–C) groups is 1. The van der Waals surface area contributed by atoms with Gasteiger partial charge in [-0.2, -0.15) is 5.10 Å². The van der Waals surface area contributed by atoms with Gasteiger partial charge in [0.2, 0.25) is 0 Å². The molecule has 1 aliphatic rings. The van der Waals surface area contributed by atoms with Crippen molar-refractivity contribution < 1.29 is 0 Å². The first-order valence-electron chi connectivity index (χ1n) is 7.32. The van der Waals surface area contributed by atoms with Crippen molar-refractivity contribution in [1.82, 2.24) is 20.4 Å². The van der Waals surface area contributed by atoms with E-state index in [2.05, 4.69) is 34.6 Å². The monoisotopic (exact) mass is 391 g/mol. The fourth-order valence-corrected chi connectivity index (χ4v) is 2.44. The first kappa shape index (κ1) is 17.3. The number of hydrogen-bond acceptors (Lipinski definition) is 2. The molecule has 1 aliphatic carbocycles. The second-order valence-electron chi connectivity index (χ2n) is 5.17. The lowest BCUT2D eigenvalue weighted by Gasteiger charge is -2.16. The Morgan fingerprint density at radius 3 is 2.80 bits per heavy atom. The predicted octanol–water partition coefficient (Wildman–Crippen LogP) is 2.31. The van der Waals surface area contributed by atoms with Gasteiger partial charge in [-0.3, -0.25) is 9.67 Å². The average molecular weight is 391 g/mol. The van der Waals surface area contributed by atoms with Gasteiger partial charge in [0.15, 0.2) is 5.96 Å². The van der Waals surface area contributed by atoms with Crippen molar-refractivity contribution in [3.63, 3.8) is 0 Å². The van der Waals surface area contributed by atoms with E-state index in [1.807, 2.05) is 17.1 Å². The van der Waals surface area contributed by atoms with Gasteiger partial charge in [0, 0.05) is 18.8 Å². The molecule has 1 saturated carbocycles. The van der Waals surface area contributed by atoms with Crippen LogP contribution in [0.25, 0.3) is 0 Å². The molecular weight excluding hydrogens is 365 g/mol. The third kappa shape index (κ3) is 5.68. The van der Waals surface area contributed by atoms with Crippen LogP contribution < -0.4 is 10.6 Å². The van der Waals surface area contributed by atoms with E-state index in [-0.39, 0.29) is 24.0 Å². The van der Waals surface area contributed by atoms with Crippen LogP contribution in [0.3, 0.4) is 0 Å². The van der Waals surface area contributed by atoms with Crippen molar-refractivity contribution in [2.45, 2.75) is 52.1 Å². The Kier molecular flexibility index (Phi) is 7.94. The van der Waals surface area contributed by atoms with E-state index in [0.717, 1.165) is 25.6 Å². The molecule has 6 heteroatoms. The van der Waals surface area contributed by atoms with Gasteiger partial charge in [0.25, 0.3) is 0 Å². The molecule has 5 nitrogen and oxygen atoms in total. The van der Waals surface area contributed by atoms with E-state index < -0.39 is 0 Å². The zero-order valence-electron chi connectivity index (χ0n) is 12.4. The normalized spacial score (nSPS) is 16.0. The van der Waals surface area contributed by atoms with Crippen LogP contribution in [0.15, 0.2) is 17.4 Å². The van der Waals surface area contributed by atoms with E-state index in [0.29, 0.717) is 6.04 Å². The molecule has 0 amide bonds. The maximum atomic E-state index is 4.62.